The normalized spacial score (nSPS) is 22.6. The molecule has 1 rings (SSSR count). The minimum atomic E-state index is -5.41. The van der Waals surface area contributed by atoms with E-state index in [2.05, 4.69) is 91.3 Å². The number of unbranched alkanes of at least 4 members (excludes halogenated alkanes) is 6. The van der Waals surface area contributed by atoms with Crippen LogP contribution in [0.4, 0.5) is 0 Å². The van der Waals surface area contributed by atoms with Gasteiger partial charge in [-0.3, -0.25) is 23.2 Å². The summed E-state index contributed by atoms with van der Waals surface area (Å²) in [5.41, 5.74) is 0. The highest BCUT2D eigenvalue weighted by atomic mass is 31.2. The van der Waals surface area contributed by atoms with Gasteiger partial charge in [-0.25, -0.2) is 9.13 Å². The lowest BCUT2D eigenvalue weighted by atomic mass is 9.85. The summed E-state index contributed by atoms with van der Waals surface area (Å²) >= 11 is 0. The van der Waals surface area contributed by atoms with Gasteiger partial charge in [0, 0.05) is 12.8 Å². The van der Waals surface area contributed by atoms with E-state index in [1.54, 1.807) is 6.08 Å². The minimum Gasteiger partial charge on any atom is -0.462 e. The van der Waals surface area contributed by atoms with Crippen LogP contribution in [-0.2, 0) is 41.8 Å². The summed E-state index contributed by atoms with van der Waals surface area (Å²) in [6, 6.07) is 0. The second-order valence-corrected chi connectivity index (χ2v) is 19.7. The zero-order chi connectivity index (χ0) is 52.8. The van der Waals surface area contributed by atoms with Crippen LogP contribution in [0, 0.1) is 0 Å². The van der Waals surface area contributed by atoms with Crippen molar-refractivity contribution in [3.05, 3.63) is 97.2 Å². The van der Waals surface area contributed by atoms with E-state index in [1.165, 1.54) is 19.3 Å². The maximum atomic E-state index is 13.0. The molecule has 0 amide bonds. The van der Waals surface area contributed by atoms with Gasteiger partial charge in [0.15, 0.2) is 6.10 Å². The molecule has 0 spiro atoms. The van der Waals surface area contributed by atoms with Crippen molar-refractivity contribution in [1.29, 1.82) is 0 Å². The Morgan fingerprint density at radius 2 is 1.00 bits per heavy atom. The first-order valence-corrected chi connectivity index (χ1v) is 28.0. The number of carbonyl (C=O) groups excluding carboxylic acids is 2. The molecule has 0 heterocycles. The van der Waals surface area contributed by atoms with E-state index < -0.39 is 95.7 Å². The number of hydrogen-bond acceptors (Lipinski definition) is 15. The maximum absolute atomic E-state index is 13.0. The highest BCUT2D eigenvalue weighted by Gasteiger charge is 2.54. The zero-order valence-corrected chi connectivity index (χ0v) is 43.4. The molecule has 0 aromatic carbocycles. The molecule has 1 aliphatic rings. The van der Waals surface area contributed by atoms with Crippen molar-refractivity contribution in [2.24, 2.45) is 0 Å². The van der Waals surface area contributed by atoms with Gasteiger partial charge in [-0.15, -0.1) is 0 Å². The van der Waals surface area contributed by atoms with E-state index in [0.29, 0.717) is 19.3 Å². The van der Waals surface area contributed by atoms with Gasteiger partial charge in [0.2, 0.25) is 0 Å². The molecular formula is C51H84O18P2. The predicted octanol–water partition coefficient (Wildman–Crippen LogP) is 7.89. The van der Waals surface area contributed by atoms with Gasteiger partial charge in [-0.1, -0.05) is 130 Å². The number of phosphoric ester groups is 2. The third kappa shape index (κ3) is 34.1. The molecule has 0 aromatic rings. The lowest BCUT2D eigenvalue weighted by molar-refractivity contribution is -0.216. The Hall–Kier alpha value is -3.16. The quantitative estimate of drug-likeness (QED) is 0.0122. The second kappa shape index (κ2) is 40.3. The highest BCUT2D eigenvalue weighted by Crippen LogP contribution is 2.49. The monoisotopic (exact) mass is 1050 g/mol. The number of aliphatic hydroxyl groups excluding tert-OH is 6. The smallest absolute Gasteiger partial charge is 0.462 e. The molecule has 18 nitrogen and oxygen atoms in total. The largest absolute Gasteiger partial charge is 0.472 e. The number of carbonyl (C=O) groups is 2. The summed E-state index contributed by atoms with van der Waals surface area (Å²) in [4.78, 5) is 54.4. The van der Waals surface area contributed by atoms with E-state index in [9.17, 15) is 64.0 Å². The molecule has 71 heavy (non-hydrogen) atoms. The third-order valence-electron chi connectivity index (χ3n) is 10.8. The standard InChI is InChI=1S/C51H84O18P2/c1-3-5-7-9-11-13-15-17-18-19-20-21-22-23-25-27-29-31-33-37-44(54)65-39-41(40-66-71(63,64)69-51-48(58)46(56)47(57)50(49(51)59)68-70(60,61)62)67-45(55)38-34-36-43(53)42(52)35-32-30-28-26-24-16-14-12-10-8-6-4-2/h6,8,11-14,17-18,20-21,23-26,30,32,41-43,46-53,56-59H,3-5,7,9-10,15-16,19,22,27-29,31,33-40H2,1-2H3,(H,63,64)(H2,60,61,62)/b8-6-,13-11-,14-12-,18-17-,21-20-,25-23-,26-24-,32-30-/t41-,42-,43-,46?,47?,48?,49?,50-,51+/m1/s1. The van der Waals surface area contributed by atoms with Crippen LogP contribution in [0.5, 0.6) is 0 Å². The van der Waals surface area contributed by atoms with Crippen molar-refractivity contribution in [1.82, 2.24) is 0 Å². The summed E-state index contributed by atoms with van der Waals surface area (Å²) < 4.78 is 49.2. The lowest BCUT2D eigenvalue weighted by Gasteiger charge is -2.43. The number of phosphoric acid groups is 2. The van der Waals surface area contributed by atoms with E-state index in [0.717, 1.165) is 57.8 Å². The fourth-order valence-corrected chi connectivity index (χ4v) is 8.40. The maximum Gasteiger partial charge on any atom is 0.472 e. The molecule has 10 atom stereocenters. The van der Waals surface area contributed by atoms with Crippen molar-refractivity contribution in [3.8, 4) is 0 Å². The summed E-state index contributed by atoms with van der Waals surface area (Å²) in [5, 5.41) is 62.2. The van der Waals surface area contributed by atoms with E-state index >= 15 is 0 Å². The van der Waals surface area contributed by atoms with Gasteiger partial charge in [0.05, 0.1) is 18.8 Å². The molecule has 5 unspecified atom stereocenters. The Morgan fingerprint density at radius 3 is 1.52 bits per heavy atom. The van der Waals surface area contributed by atoms with E-state index in [1.807, 2.05) is 18.2 Å². The molecule has 0 aliphatic heterocycles. The van der Waals surface area contributed by atoms with E-state index in [-0.39, 0.29) is 32.1 Å². The average Bonchev–Trinajstić information content (AvgIpc) is 3.32. The van der Waals surface area contributed by atoms with Crippen LogP contribution in [0.1, 0.15) is 142 Å². The second-order valence-electron chi connectivity index (χ2n) is 17.1. The molecule has 1 fully saturated rings. The minimum absolute atomic E-state index is 0.0152. The van der Waals surface area contributed by atoms with Gasteiger partial charge >= 0.3 is 27.6 Å². The molecular weight excluding hydrogens is 962 g/mol. The number of ether oxygens (including phenoxy) is 2. The Labute approximate surface area is 421 Å². The van der Waals surface area contributed by atoms with Crippen molar-refractivity contribution in [2.75, 3.05) is 13.2 Å². The molecule has 0 radical (unpaired) electrons. The third-order valence-corrected chi connectivity index (χ3v) is 12.3. The van der Waals surface area contributed by atoms with Gasteiger partial charge in [-0.2, -0.15) is 0 Å². The Bertz CT molecular complexity index is 1770. The molecule has 0 saturated heterocycles. The Kier molecular flexibility index (Phi) is 37.3. The van der Waals surface area contributed by atoms with Crippen LogP contribution in [0.3, 0.4) is 0 Å². The van der Waals surface area contributed by atoms with E-state index in [4.69, 9.17) is 18.5 Å². The first-order valence-electron chi connectivity index (χ1n) is 24.9. The lowest BCUT2D eigenvalue weighted by Crippen LogP contribution is -2.64. The molecule has 0 aromatic heterocycles. The molecule has 1 aliphatic carbocycles. The van der Waals surface area contributed by atoms with Gasteiger partial charge in [-0.05, 0) is 96.3 Å². The summed E-state index contributed by atoms with van der Waals surface area (Å²) in [7, 11) is -10.8. The number of rotatable bonds is 40. The summed E-state index contributed by atoms with van der Waals surface area (Å²) in [6.45, 7) is 2.69. The first kappa shape index (κ1) is 65.9. The fraction of sp³-hybridized carbons (Fsp3) is 0.647. The Balaban J connectivity index is 2.70. The molecule has 9 N–H and O–H groups in total. The average molecular weight is 1050 g/mol. The SMILES string of the molecule is CC/C=C\C/C=C\C/C=C\C/C=C\C[C@@H](O)[C@H](O)CCCC(=O)O[C@H](COC(=O)CCCCC/C=C\C/C=C\C/C=C\C/C=C\CCCCC)COP(=O)(O)O[C@H]1C(O)C(O)C(O)[C@@H](OP(=O)(O)O)C1O. The van der Waals surface area contributed by atoms with Crippen LogP contribution in [0.15, 0.2) is 97.2 Å². The molecule has 1 saturated carbocycles. The van der Waals surface area contributed by atoms with Crippen LogP contribution in [-0.4, -0.2) is 125 Å². The zero-order valence-electron chi connectivity index (χ0n) is 41.6. The van der Waals surface area contributed by atoms with Crippen LogP contribution >= 0.6 is 15.6 Å². The predicted molar refractivity (Wildman–Crippen MR) is 271 cm³/mol. The number of hydrogen-bond donors (Lipinski definition) is 9. The number of esters is 2. The van der Waals surface area contributed by atoms with Crippen molar-refractivity contribution >= 4 is 27.6 Å². The molecule has 20 heteroatoms. The van der Waals surface area contributed by atoms with Crippen molar-refractivity contribution in [2.45, 2.75) is 197 Å². The highest BCUT2D eigenvalue weighted by molar-refractivity contribution is 7.47. The Morgan fingerprint density at radius 1 is 0.521 bits per heavy atom. The first-order chi connectivity index (χ1) is 33.9. The van der Waals surface area contributed by atoms with Crippen molar-refractivity contribution < 1.29 is 87.1 Å². The van der Waals surface area contributed by atoms with Gasteiger partial charge in [0.25, 0.3) is 0 Å². The van der Waals surface area contributed by atoms with Crippen LogP contribution in [0.2, 0.25) is 0 Å². The topological polar surface area (TPSA) is 296 Å². The number of allylic oxidation sites excluding steroid dienone is 15. The number of aliphatic hydroxyl groups is 6. The van der Waals surface area contributed by atoms with Gasteiger partial charge in [0.1, 0.15) is 43.2 Å². The summed E-state index contributed by atoms with van der Waals surface area (Å²) in [5.74, 6) is -1.54. The molecule has 0 bridgehead atoms. The van der Waals surface area contributed by atoms with Gasteiger partial charge < -0.3 is 54.8 Å². The summed E-state index contributed by atoms with van der Waals surface area (Å²) in [6.07, 6.45) is 29.3. The van der Waals surface area contributed by atoms with Crippen LogP contribution in [0.25, 0.3) is 0 Å². The molecule has 406 valence electrons. The van der Waals surface area contributed by atoms with Crippen molar-refractivity contribution in [3.63, 3.8) is 0 Å². The fourth-order valence-electron chi connectivity index (χ4n) is 6.86. The van der Waals surface area contributed by atoms with Crippen LogP contribution < -0.4 is 0 Å².